The standard InChI is InChI=1S/C17H8Cl2N4O/c18-12-5-6-17(24-16-4-2-1-3-13(16)19)14(7-12)23-15(10-22)11(8-20)9-21/h1-7,23H. The topological polar surface area (TPSA) is 92.6 Å². The fourth-order valence-electron chi connectivity index (χ4n) is 1.75. The lowest BCUT2D eigenvalue weighted by molar-refractivity contribution is 0.485. The van der Waals surface area contributed by atoms with Crippen LogP contribution in [0.2, 0.25) is 10.0 Å². The fraction of sp³-hybridized carbons (Fsp3) is 0. The molecule has 0 aliphatic heterocycles. The largest absolute Gasteiger partial charge is 0.454 e. The molecule has 0 saturated heterocycles. The quantitative estimate of drug-likeness (QED) is 0.777. The third-order valence-corrected chi connectivity index (χ3v) is 3.39. The average Bonchev–Trinajstić information content (AvgIpc) is 2.59. The molecule has 0 aliphatic rings. The molecule has 7 heteroatoms. The zero-order chi connectivity index (χ0) is 17.5. The van der Waals surface area contributed by atoms with Crippen LogP contribution < -0.4 is 10.1 Å². The van der Waals surface area contributed by atoms with E-state index >= 15 is 0 Å². The molecule has 0 radical (unpaired) electrons. The molecule has 0 saturated carbocycles. The fourth-order valence-corrected chi connectivity index (χ4v) is 2.10. The number of hydrogen-bond acceptors (Lipinski definition) is 5. The van der Waals surface area contributed by atoms with Crippen LogP contribution in [-0.2, 0) is 0 Å². The number of allylic oxidation sites excluding steroid dienone is 2. The molecule has 0 aromatic heterocycles. The number of nitrogens with zero attached hydrogens (tertiary/aromatic N) is 3. The maximum Gasteiger partial charge on any atom is 0.163 e. The van der Waals surface area contributed by atoms with E-state index in [2.05, 4.69) is 5.32 Å². The second-order valence-corrected chi connectivity index (χ2v) is 5.23. The first-order chi connectivity index (χ1) is 11.6. The zero-order valence-corrected chi connectivity index (χ0v) is 13.6. The van der Waals surface area contributed by atoms with E-state index in [9.17, 15) is 0 Å². The van der Waals surface area contributed by atoms with Crippen molar-refractivity contribution >= 4 is 28.9 Å². The van der Waals surface area contributed by atoms with Gasteiger partial charge in [-0.15, -0.1) is 0 Å². The Kier molecular flexibility index (Phi) is 5.66. The number of nitriles is 3. The number of hydrogen-bond donors (Lipinski definition) is 1. The van der Waals surface area contributed by atoms with Crippen molar-refractivity contribution in [3.05, 3.63) is 63.8 Å². The Morgan fingerprint density at radius 1 is 0.917 bits per heavy atom. The van der Waals surface area contributed by atoms with Crippen molar-refractivity contribution in [3.63, 3.8) is 0 Å². The molecule has 0 fully saturated rings. The van der Waals surface area contributed by atoms with Crippen molar-refractivity contribution < 1.29 is 4.74 Å². The first kappa shape index (κ1) is 17.2. The molecule has 0 bridgehead atoms. The maximum absolute atomic E-state index is 9.15. The lowest BCUT2D eigenvalue weighted by Crippen LogP contribution is -2.02. The molecule has 0 aliphatic carbocycles. The minimum absolute atomic E-state index is 0.203. The lowest BCUT2D eigenvalue weighted by Gasteiger charge is -2.13. The summed E-state index contributed by atoms with van der Waals surface area (Å²) in [6.45, 7) is 0. The van der Waals surface area contributed by atoms with E-state index in [1.807, 2.05) is 0 Å². The number of nitrogens with one attached hydrogen (secondary N) is 1. The van der Waals surface area contributed by atoms with E-state index in [1.165, 1.54) is 6.07 Å². The highest BCUT2D eigenvalue weighted by molar-refractivity contribution is 6.32. The van der Waals surface area contributed by atoms with Gasteiger partial charge in [-0.25, -0.2) is 0 Å². The van der Waals surface area contributed by atoms with Crippen LogP contribution >= 0.6 is 23.2 Å². The summed E-state index contributed by atoms with van der Waals surface area (Å²) in [4.78, 5) is 0. The van der Waals surface area contributed by atoms with Crippen LogP contribution in [0.5, 0.6) is 11.5 Å². The molecular weight excluding hydrogens is 347 g/mol. The SMILES string of the molecule is N#CC(C#N)=C(C#N)Nc1cc(Cl)ccc1Oc1ccccc1Cl. The van der Waals surface area contributed by atoms with Crippen LogP contribution in [-0.4, -0.2) is 0 Å². The smallest absolute Gasteiger partial charge is 0.163 e. The van der Waals surface area contributed by atoms with E-state index in [4.69, 9.17) is 43.7 Å². The predicted molar refractivity (Wildman–Crippen MR) is 90.5 cm³/mol. The van der Waals surface area contributed by atoms with E-state index in [-0.39, 0.29) is 11.3 Å². The van der Waals surface area contributed by atoms with Gasteiger partial charge in [0, 0.05) is 5.02 Å². The minimum Gasteiger partial charge on any atom is -0.454 e. The van der Waals surface area contributed by atoms with Gasteiger partial charge in [0.2, 0.25) is 0 Å². The second-order valence-electron chi connectivity index (χ2n) is 4.38. The molecule has 0 unspecified atom stereocenters. The highest BCUT2D eigenvalue weighted by Gasteiger charge is 2.12. The van der Waals surface area contributed by atoms with Gasteiger partial charge in [-0.1, -0.05) is 35.3 Å². The summed E-state index contributed by atoms with van der Waals surface area (Å²) in [5.74, 6) is 0.739. The summed E-state index contributed by atoms with van der Waals surface area (Å²) in [5, 5.41) is 30.4. The minimum atomic E-state index is -0.346. The molecule has 5 nitrogen and oxygen atoms in total. The van der Waals surface area contributed by atoms with Crippen molar-refractivity contribution in [2.45, 2.75) is 0 Å². The first-order valence-electron chi connectivity index (χ1n) is 6.52. The normalized spacial score (nSPS) is 9.12. The van der Waals surface area contributed by atoms with Crippen molar-refractivity contribution in [1.82, 2.24) is 0 Å². The highest BCUT2D eigenvalue weighted by Crippen LogP contribution is 2.35. The number of para-hydroxylation sites is 1. The van der Waals surface area contributed by atoms with Gasteiger partial charge in [0.1, 0.15) is 29.7 Å². The van der Waals surface area contributed by atoms with Gasteiger partial charge < -0.3 is 10.1 Å². The van der Waals surface area contributed by atoms with Crippen molar-refractivity contribution in [2.75, 3.05) is 5.32 Å². The van der Waals surface area contributed by atoms with Crippen molar-refractivity contribution in [1.29, 1.82) is 15.8 Å². The van der Waals surface area contributed by atoms with Crippen LogP contribution in [0, 0.1) is 34.0 Å². The summed E-state index contributed by atoms with van der Waals surface area (Å²) in [7, 11) is 0. The summed E-state index contributed by atoms with van der Waals surface area (Å²) >= 11 is 12.0. The van der Waals surface area contributed by atoms with Crippen LogP contribution in [0.3, 0.4) is 0 Å². The monoisotopic (exact) mass is 354 g/mol. The van der Waals surface area contributed by atoms with Gasteiger partial charge in [-0.3, -0.25) is 0 Å². The molecule has 24 heavy (non-hydrogen) atoms. The zero-order valence-electron chi connectivity index (χ0n) is 12.0. The molecule has 0 spiro atoms. The summed E-state index contributed by atoms with van der Waals surface area (Å²) < 4.78 is 5.74. The van der Waals surface area contributed by atoms with Crippen LogP contribution in [0.25, 0.3) is 0 Å². The molecule has 0 heterocycles. The first-order valence-corrected chi connectivity index (χ1v) is 7.28. The molecule has 1 N–H and O–H groups in total. The van der Waals surface area contributed by atoms with Gasteiger partial charge in [-0.05, 0) is 30.3 Å². The second kappa shape index (κ2) is 7.90. The molecule has 0 atom stereocenters. The third kappa shape index (κ3) is 3.97. The number of benzene rings is 2. The Labute approximate surface area is 148 Å². The van der Waals surface area contributed by atoms with Gasteiger partial charge in [0.05, 0.1) is 10.7 Å². The van der Waals surface area contributed by atoms with Crippen LogP contribution in [0.1, 0.15) is 0 Å². The molecule has 2 rings (SSSR count). The van der Waals surface area contributed by atoms with Crippen LogP contribution in [0.15, 0.2) is 53.7 Å². The maximum atomic E-state index is 9.15. The van der Waals surface area contributed by atoms with E-state index in [0.717, 1.165) is 0 Å². The predicted octanol–water partition coefficient (Wildman–Crippen LogP) is 5.02. The Bertz CT molecular complexity index is 917. The van der Waals surface area contributed by atoms with Gasteiger partial charge in [0.25, 0.3) is 0 Å². The van der Waals surface area contributed by atoms with Gasteiger partial charge in [0.15, 0.2) is 11.3 Å². The summed E-state index contributed by atoms with van der Waals surface area (Å²) in [5.41, 5.74) is -0.227. The number of halogens is 2. The van der Waals surface area contributed by atoms with Gasteiger partial charge in [-0.2, -0.15) is 15.8 Å². The highest BCUT2D eigenvalue weighted by atomic mass is 35.5. The van der Waals surface area contributed by atoms with Gasteiger partial charge >= 0.3 is 0 Å². The van der Waals surface area contributed by atoms with Crippen molar-refractivity contribution in [3.8, 4) is 29.7 Å². The summed E-state index contributed by atoms with van der Waals surface area (Å²) in [6.07, 6.45) is 0. The van der Waals surface area contributed by atoms with E-state index in [0.29, 0.717) is 27.2 Å². The molecule has 0 amide bonds. The molecular formula is C17H8Cl2N4O. The van der Waals surface area contributed by atoms with Crippen molar-refractivity contribution in [2.24, 2.45) is 0 Å². The molecule has 2 aromatic carbocycles. The lowest BCUT2D eigenvalue weighted by atomic mass is 10.2. The Morgan fingerprint density at radius 2 is 1.62 bits per heavy atom. The van der Waals surface area contributed by atoms with Crippen LogP contribution in [0.4, 0.5) is 5.69 Å². The van der Waals surface area contributed by atoms with E-state index < -0.39 is 0 Å². The number of rotatable bonds is 4. The summed E-state index contributed by atoms with van der Waals surface area (Å²) in [6, 6.07) is 16.6. The Morgan fingerprint density at radius 3 is 2.25 bits per heavy atom. The third-order valence-electron chi connectivity index (χ3n) is 2.84. The molecule has 116 valence electrons. The Hall–Kier alpha value is -3.17. The molecule has 2 aromatic rings. The average molecular weight is 355 g/mol. The number of anilines is 1. The Balaban J connectivity index is 2.45. The van der Waals surface area contributed by atoms with E-state index in [1.54, 1.807) is 54.6 Å². The number of ether oxygens (including phenoxy) is 1.